The summed E-state index contributed by atoms with van der Waals surface area (Å²) >= 11 is 1.23. The third-order valence-electron chi connectivity index (χ3n) is 7.73. The van der Waals surface area contributed by atoms with Crippen molar-refractivity contribution in [2.75, 3.05) is 33.7 Å². The minimum absolute atomic E-state index is 0.194. The molecule has 7 nitrogen and oxygen atoms in total. The Balaban J connectivity index is 1.48. The van der Waals surface area contributed by atoms with Crippen LogP contribution in [-0.2, 0) is 5.54 Å². The summed E-state index contributed by atoms with van der Waals surface area (Å²) in [6, 6.07) is 2.88. The molecule has 0 amide bonds. The lowest BCUT2D eigenvalue weighted by Gasteiger charge is -2.31. The van der Waals surface area contributed by atoms with Crippen molar-refractivity contribution in [2.24, 2.45) is 17.6 Å². The number of aromatic nitrogens is 3. The molecule has 0 spiro atoms. The average Bonchev–Trinajstić information content (AvgIpc) is 3.68. The Labute approximate surface area is 228 Å². The maximum Gasteiger partial charge on any atom is 0.110 e. The molecular formula is C27H36IN7S. The highest BCUT2D eigenvalue weighted by molar-refractivity contribution is 14.2. The molecule has 0 aromatic carbocycles. The predicted octanol–water partition coefficient (Wildman–Crippen LogP) is 3.81. The van der Waals surface area contributed by atoms with Crippen LogP contribution in [0.2, 0.25) is 0 Å². The number of allylic oxidation sites excluding steroid dienone is 3. The van der Waals surface area contributed by atoms with Crippen LogP contribution in [0.15, 0.2) is 36.7 Å². The normalized spacial score (nSPS) is 29.5. The fourth-order valence-corrected chi connectivity index (χ4v) is 9.94. The van der Waals surface area contributed by atoms with Crippen LogP contribution in [0, 0.1) is 22.5 Å². The van der Waals surface area contributed by atoms with Gasteiger partial charge in [0, 0.05) is 50.6 Å². The Kier molecular flexibility index (Phi) is 6.56. The molecule has 6 rings (SSSR count). The van der Waals surface area contributed by atoms with Crippen LogP contribution in [0.4, 0.5) is 0 Å². The van der Waals surface area contributed by atoms with Crippen molar-refractivity contribution >= 4 is 47.2 Å². The van der Waals surface area contributed by atoms with Gasteiger partial charge < -0.3 is 10.6 Å². The number of nitrogens with one attached hydrogen (secondary N) is 1. The summed E-state index contributed by atoms with van der Waals surface area (Å²) in [4.78, 5) is 6.19. The molecule has 3 fully saturated rings. The molecule has 0 bridgehead atoms. The zero-order valence-electron chi connectivity index (χ0n) is 21.5. The number of rotatable bonds is 9. The van der Waals surface area contributed by atoms with Gasteiger partial charge in [-0.25, -0.2) is 4.68 Å². The van der Waals surface area contributed by atoms with E-state index in [9.17, 15) is 0 Å². The molecule has 192 valence electrons. The molecule has 36 heavy (non-hydrogen) atoms. The van der Waals surface area contributed by atoms with E-state index in [4.69, 9.17) is 10.8 Å². The molecule has 0 radical (unpaired) electrons. The van der Waals surface area contributed by atoms with Crippen molar-refractivity contribution < 1.29 is 0 Å². The summed E-state index contributed by atoms with van der Waals surface area (Å²) < 4.78 is 9.82. The summed E-state index contributed by atoms with van der Waals surface area (Å²) in [6.07, 6.45) is 14.9. The second kappa shape index (κ2) is 9.58. The van der Waals surface area contributed by atoms with Crippen molar-refractivity contribution in [3.05, 3.63) is 56.5 Å². The molecule has 1 saturated carbocycles. The van der Waals surface area contributed by atoms with Gasteiger partial charge >= 0.3 is 0 Å². The maximum absolute atomic E-state index is 5.94. The molecule has 5 heterocycles. The molecule has 3 aliphatic heterocycles. The van der Waals surface area contributed by atoms with Crippen LogP contribution < -0.4 is 11.1 Å². The highest BCUT2D eigenvalue weighted by Gasteiger charge is 2.55. The third kappa shape index (κ3) is 4.26. The first-order valence-corrected chi connectivity index (χ1v) is 15.9. The van der Waals surface area contributed by atoms with E-state index in [1.54, 1.807) is 15.2 Å². The largest absolute Gasteiger partial charge is 0.383 e. The van der Waals surface area contributed by atoms with Crippen LogP contribution in [0.3, 0.4) is 0 Å². The first kappa shape index (κ1) is 24.7. The molecule has 2 unspecified atom stereocenters. The van der Waals surface area contributed by atoms with Gasteiger partial charge in [-0.2, -0.15) is 9.47 Å². The van der Waals surface area contributed by atoms with E-state index in [0.717, 1.165) is 37.0 Å². The number of hydrogen-bond donors (Lipinski definition) is 2. The molecule has 3 N–H and O–H groups in total. The number of aryl methyl sites for hydroxylation is 1. The van der Waals surface area contributed by atoms with E-state index in [1.165, 1.54) is 44.8 Å². The fraction of sp³-hybridized carbons (Fsp3) is 0.519. The van der Waals surface area contributed by atoms with Gasteiger partial charge in [-0.05, 0) is 95.9 Å². The molecule has 1 aliphatic carbocycles. The van der Waals surface area contributed by atoms with Crippen LogP contribution in [0.1, 0.15) is 42.3 Å². The first-order chi connectivity index (χ1) is 17.4. The van der Waals surface area contributed by atoms with Crippen molar-refractivity contribution in [3.63, 3.8) is 0 Å². The van der Waals surface area contributed by atoms with E-state index < -0.39 is 20.7 Å². The van der Waals surface area contributed by atoms with Gasteiger partial charge in [-0.15, -0.1) is 0 Å². The summed E-state index contributed by atoms with van der Waals surface area (Å²) in [5.41, 5.74) is 10.6. The maximum atomic E-state index is 5.94. The number of hydrogen-bond acceptors (Lipinski definition) is 7. The predicted molar refractivity (Wildman–Crippen MR) is 158 cm³/mol. The van der Waals surface area contributed by atoms with Gasteiger partial charge in [0.25, 0.3) is 0 Å². The zero-order chi connectivity index (χ0) is 25.0. The topological polar surface area (TPSA) is 85.2 Å². The van der Waals surface area contributed by atoms with Crippen LogP contribution >= 0.6 is 32.3 Å². The van der Waals surface area contributed by atoms with E-state index in [-0.39, 0.29) is 5.54 Å². The summed E-state index contributed by atoms with van der Waals surface area (Å²) in [5.74, 6) is 1.73. The smallest absolute Gasteiger partial charge is 0.110 e. The molecule has 2 aromatic heterocycles. The summed E-state index contributed by atoms with van der Waals surface area (Å²) in [6.45, 7) is 7.09. The minimum Gasteiger partial charge on any atom is -0.383 e. The van der Waals surface area contributed by atoms with Gasteiger partial charge in [0.15, 0.2) is 0 Å². The van der Waals surface area contributed by atoms with E-state index >= 15 is 0 Å². The fourth-order valence-electron chi connectivity index (χ4n) is 5.83. The van der Waals surface area contributed by atoms with E-state index in [1.807, 2.05) is 0 Å². The second-order valence-electron chi connectivity index (χ2n) is 10.7. The van der Waals surface area contributed by atoms with Gasteiger partial charge in [0.2, 0.25) is 0 Å². The number of likely N-dealkylation sites (tertiary alicyclic amines) is 1. The molecule has 2 aromatic rings. The lowest BCUT2D eigenvalue weighted by Crippen LogP contribution is -2.39. The Morgan fingerprint density at radius 1 is 1.42 bits per heavy atom. The van der Waals surface area contributed by atoms with Gasteiger partial charge in [-0.1, -0.05) is 12.2 Å². The second-order valence-corrected chi connectivity index (χ2v) is 14.1. The average molecular weight is 618 g/mol. The highest BCUT2D eigenvalue weighted by Crippen LogP contribution is 2.53. The number of nitrogens with two attached hydrogens (primary N) is 1. The lowest BCUT2D eigenvalue weighted by atomic mass is 10.0. The van der Waals surface area contributed by atoms with Crippen LogP contribution in [0.5, 0.6) is 0 Å². The number of halogens is 1. The minimum atomic E-state index is -0.391. The molecule has 4 aliphatic rings. The van der Waals surface area contributed by atoms with Gasteiger partial charge in [-0.3, -0.25) is 10.2 Å². The summed E-state index contributed by atoms with van der Waals surface area (Å²) in [5, 5.41) is 8.75. The quantitative estimate of drug-likeness (QED) is 0.253. The van der Waals surface area contributed by atoms with Crippen LogP contribution in [0.25, 0.3) is 11.3 Å². The van der Waals surface area contributed by atoms with E-state index in [0.29, 0.717) is 6.04 Å². The van der Waals surface area contributed by atoms with Crippen LogP contribution in [-0.4, -0.2) is 67.4 Å². The van der Waals surface area contributed by atoms with Crippen molar-refractivity contribution in [3.8, 4) is 0 Å². The Hall–Kier alpha value is -1.66. The van der Waals surface area contributed by atoms with Crippen molar-refractivity contribution in [1.29, 1.82) is 0 Å². The number of piperidine rings is 1. The highest BCUT2D eigenvalue weighted by atomic mass is 127. The third-order valence-corrected chi connectivity index (χ3v) is 11.8. The molecule has 9 heteroatoms. The molecular weight excluding hydrogens is 581 g/mol. The molecule has 2 saturated heterocycles. The number of nitrogens with zero attached hydrogens (tertiary/aromatic N) is 5. The monoisotopic (exact) mass is 617 g/mol. The Morgan fingerprint density at radius 3 is 2.92 bits per heavy atom. The van der Waals surface area contributed by atoms with E-state index in [2.05, 4.69) is 88.8 Å². The van der Waals surface area contributed by atoms with Gasteiger partial charge in [0.1, 0.15) is 9.24 Å². The lowest BCUT2D eigenvalue weighted by molar-refractivity contribution is 0.324. The SMILES string of the molecule is C/C=C/C(=C\N(C)C)c1cnn2c1I=C(N1C[C@@H]3CC3[C@@H]1CCCN)C=C2C1(c2cc(C)ns2)CN1. The Morgan fingerprint density at radius 2 is 2.25 bits per heavy atom. The van der Waals surface area contributed by atoms with Crippen molar-refractivity contribution in [1.82, 2.24) is 29.3 Å². The molecule has 4 atom stereocenters. The van der Waals surface area contributed by atoms with Gasteiger partial charge in [0.05, 0.1) is 26.1 Å². The standard InChI is InChI=1S/C27H36IN7S/c1-5-7-18(14-33(3)4)21-13-31-35-23(27(16-30-27)24-10-17(2)32-36-24)12-25(28-26(21)35)34-15-19-11-20(19)22(34)8-6-9-29/h5,7,10,12-14,19-20,22,30H,6,8-9,11,15-16,29H2,1-4H3/b7-5+,18-14+/t19-,20?,22-,27?/m0/s1. The zero-order valence-corrected chi connectivity index (χ0v) is 24.5. The number of fused-ring (bicyclic) bond motifs is 2. The Bertz CT molecular complexity index is 1280. The van der Waals surface area contributed by atoms with Crippen molar-refractivity contribution in [2.45, 2.75) is 44.7 Å². The first-order valence-electron chi connectivity index (χ1n) is 12.9. The summed E-state index contributed by atoms with van der Waals surface area (Å²) in [7, 11) is 4.18.